The van der Waals surface area contributed by atoms with Crippen molar-refractivity contribution in [2.75, 3.05) is 6.61 Å². The zero-order valence-corrected chi connectivity index (χ0v) is 10.5. The number of carbonyl (C=O) groups excluding carboxylic acids is 1. The number of hydrogen-bond acceptors (Lipinski definition) is 4. The van der Waals surface area contributed by atoms with E-state index in [1.165, 1.54) is 0 Å². The zero-order chi connectivity index (χ0) is 13.0. The molecule has 1 heterocycles. The molecule has 4 nitrogen and oxygen atoms in total. The van der Waals surface area contributed by atoms with E-state index in [9.17, 15) is 4.79 Å². The Morgan fingerprint density at radius 1 is 1.28 bits per heavy atom. The molecule has 1 aromatic heterocycles. The number of rotatable bonds is 4. The van der Waals surface area contributed by atoms with E-state index in [4.69, 9.17) is 9.15 Å². The van der Waals surface area contributed by atoms with Crippen molar-refractivity contribution in [1.82, 2.24) is 4.98 Å². The van der Waals surface area contributed by atoms with E-state index in [-0.39, 0.29) is 5.76 Å². The highest BCUT2D eigenvalue weighted by atomic mass is 16.5. The smallest absolute Gasteiger partial charge is 0.376 e. The molecule has 0 saturated heterocycles. The van der Waals surface area contributed by atoms with Gasteiger partial charge in [0.2, 0.25) is 5.76 Å². The van der Waals surface area contributed by atoms with Gasteiger partial charge in [-0.2, -0.15) is 0 Å². The first kappa shape index (κ1) is 12.4. The second kappa shape index (κ2) is 5.49. The normalized spacial score (nSPS) is 10.3. The van der Waals surface area contributed by atoms with E-state index in [0.29, 0.717) is 24.6 Å². The third-order valence-electron chi connectivity index (χ3n) is 2.56. The Labute approximate surface area is 106 Å². The van der Waals surface area contributed by atoms with Crippen LogP contribution in [0.4, 0.5) is 0 Å². The summed E-state index contributed by atoms with van der Waals surface area (Å²) in [6.07, 6.45) is 0.693. The average molecular weight is 245 g/mol. The minimum atomic E-state index is -0.455. The third-order valence-corrected chi connectivity index (χ3v) is 2.56. The highest BCUT2D eigenvalue weighted by Crippen LogP contribution is 2.11. The lowest BCUT2D eigenvalue weighted by molar-refractivity contribution is 0.0470. The van der Waals surface area contributed by atoms with Gasteiger partial charge in [-0.1, -0.05) is 30.3 Å². The molecule has 18 heavy (non-hydrogen) atoms. The maximum absolute atomic E-state index is 11.7. The average Bonchev–Trinajstić information content (AvgIpc) is 2.70. The van der Waals surface area contributed by atoms with Gasteiger partial charge in [-0.25, -0.2) is 9.78 Å². The van der Waals surface area contributed by atoms with Crippen molar-refractivity contribution in [3.63, 3.8) is 0 Å². The zero-order valence-electron chi connectivity index (χ0n) is 10.5. The van der Waals surface area contributed by atoms with Crippen LogP contribution in [-0.2, 0) is 11.2 Å². The number of nitrogens with zero attached hydrogens (tertiary/aromatic N) is 1. The molecule has 1 aromatic carbocycles. The lowest BCUT2D eigenvalue weighted by atomic mass is 10.2. The standard InChI is InChI=1S/C14H15NO3/c1-10-13(18-11(2)15-10)14(16)17-9-8-12-6-4-3-5-7-12/h3-7H,8-9H2,1-2H3. The van der Waals surface area contributed by atoms with Crippen LogP contribution in [0.15, 0.2) is 34.7 Å². The fraction of sp³-hybridized carbons (Fsp3) is 0.286. The minimum absolute atomic E-state index is 0.195. The summed E-state index contributed by atoms with van der Waals surface area (Å²) in [5.74, 6) is 0.215. The lowest BCUT2D eigenvalue weighted by Crippen LogP contribution is -2.08. The molecule has 0 N–H and O–H groups in total. The first-order valence-electron chi connectivity index (χ1n) is 5.82. The molecule has 4 heteroatoms. The quantitative estimate of drug-likeness (QED) is 0.777. The number of esters is 1. The maximum atomic E-state index is 11.7. The van der Waals surface area contributed by atoms with Gasteiger partial charge < -0.3 is 9.15 Å². The second-order valence-electron chi connectivity index (χ2n) is 4.02. The van der Waals surface area contributed by atoms with Crippen LogP contribution in [0.5, 0.6) is 0 Å². The van der Waals surface area contributed by atoms with Crippen molar-refractivity contribution in [2.24, 2.45) is 0 Å². The number of benzene rings is 1. The fourth-order valence-corrected chi connectivity index (χ4v) is 1.69. The van der Waals surface area contributed by atoms with E-state index in [1.54, 1.807) is 13.8 Å². The SMILES string of the molecule is Cc1nc(C)c(C(=O)OCCc2ccccc2)o1. The van der Waals surface area contributed by atoms with Gasteiger partial charge >= 0.3 is 5.97 Å². The van der Waals surface area contributed by atoms with Crippen molar-refractivity contribution < 1.29 is 13.9 Å². The Morgan fingerprint density at radius 3 is 2.61 bits per heavy atom. The Bertz CT molecular complexity index is 531. The van der Waals surface area contributed by atoms with Gasteiger partial charge in [-0.05, 0) is 12.5 Å². The summed E-state index contributed by atoms with van der Waals surface area (Å²) in [7, 11) is 0. The molecule has 0 amide bonds. The first-order chi connectivity index (χ1) is 8.66. The molecule has 0 atom stereocenters. The summed E-state index contributed by atoms with van der Waals surface area (Å²) >= 11 is 0. The second-order valence-corrected chi connectivity index (χ2v) is 4.02. The molecule has 0 spiro atoms. The predicted octanol–water partition coefficient (Wildman–Crippen LogP) is 2.69. The van der Waals surface area contributed by atoms with Gasteiger partial charge in [-0.3, -0.25) is 0 Å². The molecule has 2 rings (SSSR count). The van der Waals surface area contributed by atoms with Gasteiger partial charge in [0.05, 0.1) is 12.3 Å². The minimum Gasteiger partial charge on any atom is -0.459 e. The molecule has 0 radical (unpaired) electrons. The third kappa shape index (κ3) is 2.97. The summed E-state index contributed by atoms with van der Waals surface area (Å²) in [6.45, 7) is 3.76. The van der Waals surface area contributed by atoms with Gasteiger partial charge in [0.1, 0.15) is 0 Å². The van der Waals surface area contributed by atoms with Crippen LogP contribution in [0.3, 0.4) is 0 Å². The number of oxazole rings is 1. The van der Waals surface area contributed by atoms with Crippen molar-refractivity contribution in [3.8, 4) is 0 Å². The number of carbonyl (C=O) groups is 1. The molecule has 0 bridgehead atoms. The fourth-order valence-electron chi connectivity index (χ4n) is 1.69. The van der Waals surface area contributed by atoms with E-state index in [0.717, 1.165) is 5.56 Å². The van der Waals surface area contributed by atoms with E-state index < -0.39 is 5.97 Å². The monoisotopic (exact) mass is 245 g/mol. The highest BCUT2D eigenvalue weighted by molar-refractivity contribution is 5.87. The van der Waals surface area contributed by atoms with Gasteiger partial charge in [0.15, 0.2) is 5.89 Å². The summed E-state index contributed by atoms with van der Waals surface area (Å²) in [5, 5.41) is 0. The van der Waals surface area contributed by atoms with Crippen LogP contribution in [0, 0.1) is 13.8 Å². The Hall–Kier alpha value is -2.10. The van der Waals surface area contributed by atoms with Crippen molar-refractivity contribution >= 4 is 5.97 Å². The molecule has 0 aliphatic rings. The Kier molecular flexibility index (Phi) is 3.77. The number of hydrogen-bond donors (Lipinski definition) is 0. The number of ether oxygens (including phenoxy) is 1. The molecule has 2 aromatic rings. The van der Waals surface area contributed by atoms with E-state index in [1.807, 2.05) is 30.3 Å². The van der Waals surface area contributed by atoms with E-state index in [2.05, 4.69) is 4.98 Å². The topological polar surface area (TPSA) is 52.3 Å². The Balaban J connectivity index is 1.87. The van der Waals surface area contributed by atoms with Crippen molar-refractivity contribution in [2.45, 2.75) is 20.3 Å². The summed E-state index contributed by atoms with van der Waals surface area (Å²) in [6, 6.07) is 9.87. The van der Waals surface area contributed by atoms with Crippen LogP contribution in [-0.4, -0.2) is 17.6 Å². The number of aromatic nitrogens is 1. The highest BCUT2D eigenvalue weighted by Gasteiger charge is 2.17. The predicted molar refractivity (Wildman–Crippen MR) is 66.4 cm³/mol. The Morgan fingerprint density at radius 2 is 2.00 bits per heavy atom. The molecule has 0 unspecified atom stereocenters. The first-order valence-corrected chi connectivity index (χ1v) is 5.82. The summed E-state index contributed by atoms with van der Waals surface area (Å²) < 4.78 is 10.3. The lowest BCUT2D eigenvalue weighted by Gasteiger charge is -2.03. The largest absolute Gasteiger partial charge is 0.459 e. The van der Waals surface area contributed by atoms with Gasteiger partial charge in [0, 0.05) is 13.3 Å². The summed E-state index contributed by atoms with van der Waals surface area (Å²) in [5.41, 5.74) is 1.70. The molecular formula is C14H15NO3. The van der Waals surface area contributed by atoms with Crippen LogP contribution >= 0.6 is 0 Å². The van der Waals surface area contributed by atoms with Crippen LogP contribution < -0.4 is 0 Å². The van der Waals surface area contributed by atoms with E-state index >= 15 is 0 Å². The van der Waals surface area contributed by atoms with Crippen molar-refractivity contribution in [1.29, 1.82) is 0 Å². The summed E-state index contributed by atoms with van der Waals surface area (Å²) in [4.78, 5) is 15.7. The van der Waals surface area contributed by atoms with Gasteiger partial charge in [0.25, 0.3) is 0 Å². The van der Waals surface area contributed by atoms with Crippen molar-refractivity contribution in [3.05, 3.63) is 53.2 Å². The number of aryl methyl sites for hydroxylation is 2. The molecule has 94 valence electrons. The molecule has 0 aliphatic heterocycles. The van der Waals surface area contributed by atoms with Gasteiger partial charge in [-0.15, -0.1) is 0 Å². The van der Waals surface area contributed by atoms with Crippen LogP contribution in [0.1, 0.15) is 27.7 Å². The maximum Gasteiger partial charge on any atom is 0.376 e. The van der Waals surface area contributed by atoms with Crippen LogP contribution in [0.2, 0.25) is 0 Å². The molecule has 0 saturated carbocycles. The molecule has 0 fully saturated rings. The van der Waals surface area contributed by atoms with Crippen LogP contribution in [0.25, 0.3) is 0 Å². The molecule has 0 aliphatic carbocycles. The molecular weight excluding hydrogens is 230 g/mol.